The molecule has 2 aromatic rings. The van der Waals surface area contributed by atoms with Crippen molar-refractivity contribution in [3.05, 3.63) is 53.1 Å². The molecule has 1 spiro atoms. The smallest absolute Gasteiger partial charge is 0.345 e. The average molecular weight is 461 g/mol. The van der Waals surface area contributed by atoms with Gasteiger partial charge in [-0.15, -0.1) is 0 Å². The molecule has 5 aliphatic rings. The van der Waals surface area contributed by atoms with Crippen molar-refractivity contribution >= 4 is 17.4 Å². The lowest BCUT2D eigenvalue weighted by atomic mass is 9.49. The Bertz CT molecular complexity index is 1240. The van der Waals surface area contributed by atoms with E-state index in [0.29, 0.717) is 37.1 Å². The number of benzene rings is 2. The van der Waals surface area contributed by atoms with Crippen LogP contribution >= 0.6 is 0 Å². The molecule has 3 N–H and O–H groups in total. The first kappa shape index (κ1) is 20.5. The summed E-state index contributed by atoms with van der Waals surface area (Å²) in [4.78, 5) is 28.5. The summed E-state index contributed by atoms with van der Waals surface area (Å²) < 4.78 is 12.1. The van der Waals surface area contributed by atoms with Crippen LogP contribution in [0.2, 0.25) is 0 Å². The Kier molecular flexibility index (Phi) is 4.11. The van der Waals surface area contributed by atoms with Crippen LogP contribution in [0.25, 0.3) is 0 Å². The standard InChI is InChI=1S/C27H28N2O5/c28-18-4-2-1-3-17(18)25(31)33-20-8-7-16-13-21-27(32)10-9-19(30)24-26(27,22(16)23(20)34-24)11-12-29(21)14-15-5-6-15/h1-4,7-8,15,21,24,32H,5-6,9-14,28H2/t21-,24+,26+,27-/m1/s1. The number of para-hydroxylation sites is 1. The van der Waals surface area contributed by atoms with Gasteiger partial charge in [0, 0.05) is 30.3 Å². The maximum atomic E-state index is 13.2. The van der Waals surface area contributed by atoms with Crippen molar-refractivity contribution in [2.45, 2.75) is 61.7 Å². The number of aliphatic hydroxyl groups is 1. The molecule has 7 heteroatoms. The van der Waals surface area contributed by atoms with Crippen molar-refractivity contribution in [3.63, 3.8) is 0 Å². The zero-order valence-corrected chi connectivity index (χ0v) is 19.0. The molecule has 2 heterocycles. The lowest BCUT2D eigenvalue weighted by Crippen LogP contribution is -2.76. The first-order chi connectivity index (χ1) is 16.4. The average Bonchev–Trinajstić information content (AvgIpc) is 3.56. The van der Waals surface area contributed by atoms with Gasteiger partial charge in [0.05, 0.1) is 16.6 Å². The number of piperidine rings is 1. The van der Waals surface area contributed by atoms with Gasteiger partial charge < -0.3 is 20.3 Å². The quantitative estimate of drug-likeness (QED) is 0.411. The van der Waals surface area contributed by atoms with Crippen molar-refractivity contribution in [2.75, 3.05) is 18.8 Å². The molecule has 176 valence electrons. The number of ketones is 1. The van der Waals surface area contributed by atoms with Crippen LogP contribution in [0.5, 0.6) is 11.5 Å². The molecule has 1 saturated heterocycles. The molecule has 4 atom stereocenters. The first-order valence-electron chi connectivity index (χ1n) is 12.3. The topological polar surface area (TPSA) is 102 Å². The summed E-state index contributed by atoms with van der Waals surface area (Å²) in [6, 6.07) is 10.5. The van der Waals surface area contributed by atoms with E-state index in [4.69, 9.17) is 15.2 Å². The lowest BCUT2D eigenvalue weighted by molar-refractivity contribution is -0.188. The fraction of sp³-hybridized carbons (Fsp3) is 0.481. The molecule has 2 aromatic carbocycles. The number of nitrogens with zero attached hydrogens (tertiary/aromatic N) is 1. The van der Waals surface area contributed by atoms with Gasteiger partial charge in [-0.2, -0.15) is 0 Å². The second-order valence-electron chi connectivity index (χ2n) is 10.7. The molecule has 0 amide bonds. The van der Waals surface area contributed by atoms with Gasteiger partial charge in [0.25, 0.3) is 0 Å². The van der Waals surface area contributed by atoms with Gasteiger partial charge in [0.15, 0.2) is 23.4 Å². The van der Waals surface area contributed by atoms with Crippen LogP contribution in [0.4, 0.5) is 5.69 Å². The summed E-state index contributed by atoms with van der Waals surface area (Å²) >= 11 is 0. The fourth-order valence-electron chi connectivity index (χ4n) is 7.17. The molecule has 2 saturated carbocycles. The summed E-state index contributed by atoms with van der Waals surface area (Å²) in [5, 5.41) is 12.3. The second kappa shape index (κ2) is 6.83. The second-order valence-corrected chi connectivity index (χ2v) is 10.7. The zero-order valence-electron chi connectivity index (χ0n) is 19.0. The third-order valence-corrected chi connectivity index (χ3v) is 8.93. The number of carbonyl (C=O) groups excluding carboxylic acids is 2. The van der Waals surface area contributed by atoms with Crippen molar-refractivity contribution in [2.24, 2.45) is 5.92 Å². The SMILES string of the molecule is Nc1ccccc1C(=O)Oc1ccc2c3c1O[C@H]1C(=O)CC[C@@]4(O)[C@@H](C2)N(CC2CC2)CC[C@]314. The number of carbonyl (C=O) groups is 2. The number of likely N-dealkylation sites (tertiary alicyclic amines) is 1. The number of esters is 1. The van der Waals surface area contributed by atoms with Crippen LogP contribution in [0.3, 0.4) is 0 Å². The Morgan fingerprint density at radius 2 is 2.03 bits per heavy atom. The predicted octanol–water partition coefficient (Wildman–Crippen LogP) is 2.62. The zero-order chi connectivity index (χ0) is 23.2. The monoisotopic (exact) mass is 460 g/mol. The molecule has 0 unspecified atom stereocenters. The minimum Gasteiger partial charge on any atom is -0.477 e. The Morgan fingerprint density at radius 3 is 2.82 bits per heavy atom. The van der Waals surface area contributed by atoms with Crippen molar-refractivity contribution in [1.29, 1.82) is 0 Å². The molecule has 2 bridgehead atoms. The summed E-state index contributed by atoms with van der Waals surface area (Å²) in [5.41, 5.74) is 6.73. The summed E-state index contributed by atoms with van der Waals surface area (Å²) in [6.07, 6.45) is 3.89. The Labute approximate surface area is 197 Å². The largest absolute Gasteiger partial charge is 0.477 e. The van der Waals surface area contributed by atoms with E-state index in [0.717, 1.165) is 30.1 Å². The molecule has 7 nitrogen and oxygen atoms in total. The molecule has 2 aliphatic heterocycles. The van der Waals surface area contributed by atoms with Gasteiger partial charge in [-0.1, -0.05) is 18.2 Å². The minimum absolute atomic E-state index is 0.0210. The number of nitrogen functional groups attached to an aromatic ring is 1. The van der Waals surface area contributed by atoms with Crippen LogP contribution in [-0.2, 0) is 16.6 Å². The molecule has 3 fully saturated rings. The van der Waals surface area contributed by atoms with E-state index in [1.165, 1.54) is 12.8 Å². The lowest BCUT2D eigenvalue weighted by Gasteiger charge is -2.62. The van der Waals surface area contributed by atoms with E-state index < -0.39 is 23.1 Å². The number of nitrogens with two attached hydrogens (primary N) is 1. The van der Waals surface area contributed by atoms with Crippen molar-refractivity contribution < 1.29 is 24.2 Å². The summed E-state index contributed by atoms with van der Waals surface area (Å²) in [6.45, 7) is 1.85. The molecular formula is C27H28N2O5. The highest BCUT2D eigenvalue weighted by Crippen LogP contribution is 2.65. The van der Waals surface area contributed by atoms with Crippen LogP contribution in [0.1, 0.15) is 53.6 Å². The highest BCUT2D eigenvalue weighted by Gasteiger charge is 2.73. The summed E-state index contributed by atoms with van der Waals surface area (Å²) in [5.74, 6) is 0.896. The molecule has 7 rings (SSSR count). The van der Waals surface area contributed by atoms with Crippen molar-refractivity contribution in [3.8, 4) is 11.5 Å². The van der Waals surface area contributed by atoms with Gasteiger partial charge in [-0.3, -0.25) is 9.69 Å². The van der Waals surface area contributed by atoms with Crippen LogP contribution in [0.15, 0.2) is 36.4 Å². The van der Waals surface area contributed by atoms with Gasteiger partial charge in [0.1, 0.15) is 0 Å². The van der Waals surface area contributed by atoms with Crippen molar-refractivity contribution in [1.82, 2.24) is 4.90 Å². The first-order valence-corrected chi connectivity index (χ1v) is 12.3. The number of ether oxygens (including phenoxy) is 2. The predicted molar refractivity (Wildman–Crippen MR) is 124 cm³/mol. The number of hydrogen-bond donors (Lipinski definition) is 2. The maximum Gasteiger partial charge on any atom is 0.345 e. The molecule has 0 aromatic heterocycles. The van der Waals surface area contributed by atoms with Crippen LogP contribution in [-0.4, -0.2) is 52.6 Å². The van der Waals surface area contributed by atoms with Crippen LogP contribution < -0.4 is 15.2 Å². The van der Waals surface area contributed by atoms with Gasteiger partial charge in [-0.05, 0) is 68.3 Å². The molecule has 0 radical (unpaired) electrons. The molecule has 34 heavy (non-hydrogen) atoms. The number of anilines is 1. The van der Waals surface area contributed by atoms with Crippen LogP contribution in [0, 0.1) is 5.92 Å². The number of rotatable bonds is 4. The summed E-state index contributed by atoms with van der Waals surface area (Å²) in [7, 11) is 0. The normalized spacial score (nSPS) is 33.3. The molecular weight excluding hydrogens is 432 g/mol. The van der Waals surface area contributed by atoms with Gasteiger partial charge >= 0.3 is 5.97 Å². The maximum absolute atomic E-state index is 13.2. The third-order valence-electron chi connectivity index (χ3n) is 8.93. The Balaban J connectivity index is 1.33. The van der Waals surface area contributed by atoms with E-state index in [1.807, 2.05) is 6.07 Å². The highest BCUT2D eigenvalue weighted by atomic mass is 16.6. The fourth-order valence-corrected chi connectivity index (χ4v) is 7.17. The Hall–Kier alpha value is -2.90. The van der Waals surface area contributed by atoms with E-state index in [9.17, 15) is 14.7 Å². The van der Waals surface area contributed by atoms with Gasteiger partial charge in [0.2, 0.25) is 0 Å². The van der Waals surface area contributed by atoms with Gasteiger partial charge in [-0.25, -0.2) is 4.79 Å². The number of Topliss-reactive ketones (excluding diaryl/α,β-unsaturated/α-hetero) is 1. The van der Waals surface area contributed by atoms with E-state index in [2.05, 4.69) is 4.90 Å². The highest BCUT2D eigenvalue weighted by molar-refractivity contribution is 5.97. The van der Waals surface area contributed by atoms with E-state index >= 15 is 0 Å². The number of hydrogen-bond acceptors (Lipinski definition) is 7. The molecule has 3 aliphatic carbocycles. The van der Waals surface area contributed by atoms with E-state index in [-0.39, 0.29) is 23.1 Å². The third kappa shape index (κ3) is 2.54. The Morgan fingerprint density at radius 1 is 1.21 bits per heavy atom. The minimum atomic E-state index is -1.04. The van der Waals surface area contributed by atoms with E-state index in [1.54, 1.807) is 30.3 Å².